The second-order valence-electron chi connectivity index (χ2n) is 5.32. The number of methoxy groups -OCH3 is 1. The highest BCUT2D eigenvalue weighted by molar-refractivity contribution is 7.11. The fraction of sp³-hybridized carbons (Fsp3) is 0.800. The van der Waals surface area contributed by atoms with Gasteiger partial charge in [-0.2, -0.15) is 0 Å². The molecule has 1 heterocycles. The summed E-state index contributed by atoms with van der Waals surface area (Å²) < 4.78 is 5.85. The fourth-order valence-corrected chi connectivity index (χ4v) is 4.17. The molecule has 0 amide bonds. The van der Waals surface area contributed by atoms with Crippen LogP contribution in [0.5, 0.6) is 0 Å². The van der Waals surface area contributed by atoms with Crippen molar-refractivity contribution >= 4 is 11.3 Å². The summed E-state index contributed by atoms with van der Waals surface area (Å²) in [6.45, 7) is 6.42. The normalized spacial score (nSPS) is 18.1. The van der Waals surface area contributed by atoms with Crippen molar-refractivity contribution in [2.24, 2.45) is 0 Å². The van der Waals surface area contributed by atoms with Crippen molar-refractivity contribution in [3.8, 4) is 0 Å². The molecule has 0 aliphatic heterocycles. The molecule has 1 N–H and O–H groups in total. The minimum Gasteiger partial charge on any atom is -0.371 e. The highest BCUT2D eigenvalue weighted by Gasteiger charge is 2.39. The highest BCUT2D eigenvalue weighted by Crippen LogP contribution is 2.43. The molecule has 0 unspecified atom stereocenters. The average Bonchev–Trinajstić information content (AvgIpc) is 3.06. The molecule has 1 aromatic heterocycles. The lowest BCUT2D eigenvalue weighted by molar-refractivity contribution is -0.00895. The molecule has 4 heteroatoms. The smallest absolute Gasteiger partial charge is 0.125 e. The molecule has 1 fully saturated rings. The minimum absolute atomic E-state index is 0.0857. The van der Waals surface area contributed by atoms with Gasteiger partial charge in [-0.15, -0.1) is 11.3 Å². The van der Waals surface area contributed by atoms with Crippen LogP contribution in [-0.4, -0.2) is 18.6 Å². The van der Waals surface area contributed by atoms with E-state index in [1.54, 1.807) is 0 Å². The summed E-state index contributed by atoms with van der Waals surface area (Å²) in [5.41, 5.74) is 1.17. The van der Waals surface area contributed by atoms with E-state index in [1.165, 1.54) is 34.8 Å². The maximum Gasteiger partial charge on any atom is 0.125 e. The molecule has 1 aliphatic carbocycles. The zero-order valence-corrected chi connectivity index (χ0v) is 13.2. The predicted molar refractivity (Wildman–Crippen MR) is 80.6 cm³/mol. The highest BCUT2D eigenvalue weighted by atomic mass is 32.1. The van der Waals surface area contributed by atoms with Crippen LogP contribution in [0.15, 0.2) is 0 Å². The zero-order chi connectivity index (χ0) is 13.7. The van der Waals surface area contributed by atoms with Crippen LogP contribution in [-0.2, 0) is 23.3 Å². The summed E-state index contributed by atoms with van der Waals surface area (Å²) in [4.78, 5) is 6.28. The van der Waals surface area contributed by atoms with Crippen LogP contribution in [0.2, 0.25) is 0 Å². The molecule has 0 radical (unpaired) electrons. The maximum absolute atomic E-state index is 5.85. The number of aromatic nitrogens is 1. The van der Waals surface area contributed by atoms with Crippen molar-refractivity contribution in [1.29, 1.82) is 0 Å². The van der Waals surface area contributed by atoms with Crippen LogP contribution in [0.25, 0.3) is 0 Å². The van der Waals surface area contributed by atoms with Crippen molar-refractivity contribution in [2.45, 2.75) is 64.5 Å². The molecule has 0 saturated heterocycles. The number of hydrogen-bond acceptors (Lipinski definition) is 4. The van der Waals surface area contributed by atoms with Crippen LogP contribution in [0, 0.1) is 0 Å². The van der Waals surface area contributed by atoms with Crippen molar-refractivity contribution < 1.29 is 4.74 Å². The van der Waals surface area contributed by atoms with Crippen LogP contribution >= 0.6 is 11.3 Å². The Balaban J connectivity index is 2.17. The van der Waals surface area contributed by atoms with Crippen LogP contribution in [0.1, 0.15) is 61.5 Å². The lowest BCUT2D eigenvalue weighted by atomic mass is 10.0. The summed E-state index contributed by atoms with van der Waals surface area (Å²) in [5.74, 6) is 0. The lowest BCUT2D eigenvalue weighted by Crippen LogP contribution is -2.24. The van der Waals surface area contributed by atoms with Crippen molar-refractivity contribution in [3.05, 3.63) is 15.6 Å². The van der Waals surface area contributed by atoms with E-state index in [4.69, 9.17) is 9.72 Å². The summed E-state index contributed by atoms with van der Waals surface area (Å²) in [6, 6.07) is 0. The molecule has 108 valence electrons. The Morgan fingerprint density at radius 2 is 2.05 bits per heavy atom. The number of ether oxygens (including phenoxy) is 1. The average molecular weight is 282 g/mol. The van der Waals surface area contributed by atoms with E-state index in [0.29, 0.717) is 0 Å². The molecule has 1 aliphatic rings. The third kappa shape index (κ3) is 3.18. The number of nitrogens with zero attached hydrogens (tertiary/aromatic N) is 1. The summed E-state index contributed by atoms with van der Waals surface area (Å²) in [7, 11) is 1.84. The fourth-order valence-electron chi connectivity index (χ4n) is 2.82. The van der Waals surface area contributed by atoms with E-state index in [0.717, 1.165) is 32.4 Å². The van der Waals surface area contributed by atoms with Gasteiger partial charge in [-0.1, -0.05) is 26.7 Å². The van der Waals surface area contributed by atoms with Gasteiger partial charge in [0.15, 0.2) is 0 Å². The molecule has 3 nitrogen and oxygen atoms in total. The van der Waals surface area contributed by atoms with Gasteiger partial charge in [0.1, 0.15) is 10.6 Å². The quantitative estimate of drug-likeness (QED) is 0.776. The molecule has 2 rings (SSSR count). The summed E-state index contributed by atoms with van der Waals surface area (Å²) >= 11 is 1.86. The van der Waals surface area contributed by atoms with Gasteiger partial charge < -0.3 is 10.1 Å². The predicted octanol–water partition coefficient (Wildman–Crippen LogP) is 3.62. The Morgan fingerprint density at radius 1 is 1.32 bits per heavy atom. The largest absolute Gasteiger partial charge is 0.371 e. The van der Waals surface area contributed by atoms with Gasteiger partial charge >= 0.3 is 0 Å². The second kappa shape index (κ2) is 6.82. The van der Waals surface area contributed by atoms with Crippen LogP contribution in [0.4, 0.5) is 0 Å². The van der Waals surface area contributed by atoms with Gasteiger partial charge in [-0.25, -0.2) is 4.98 Å². The van der Waals surface area contributed by atoms with E-state index in [-0.39, 0.29) is 5.60 Å². The lowest BCUT2D eigenvalue weighted by Gasteiger charge is -2.24. The minimum atomic E-state index is -0.0857. The number of aryl methyl sites for hydroxylation is 1. The van der Waals surface area contributed by atoms with Gasteiger partial charge in [0.05, 0.1) is 5.69 Å². The molecular weight excluding hydrogens is 256 g/mol. The van der Waals surface area contributed by atoms with E-state index in [2.05, 4.69) is 19.2 Å². The van der Waals surface area contributed by atoms with E-state index in [9.17, 15) is 0 Å². The first-order valence-corrected chi connectivity index (χ1v) is 8.32. The van der Waals surface area contributed by atoms with Crippen molar-refractivity contribution in [3.63, 3.8) is 0 Å². The molecule has 0 spiro atoms. The van der Waals surface area contributed by atoms with Crippen LogP contribution < -0.4 is 5.32 Å². The molecule has 1 saturated carbocycles. The SMILES string of the molecule is CCCNCc1sc(C2(OC)CCCC2)nc1CC. The van der Waals surface area contributed by atoms with Gasteiger partial charge in [0.2, 0.25) is 0 Å². The van der Waals surface area contributed by atoms with Gasteiger partial charge in [0.25, 0.3) is 0 Å². The van der Waals surface area contributed by atoms with Crippen molar-refractivity contribution in [2.75, 3.05) is 13.7 Å². The Kier molecular flexibility index (Phi) is 5.37. The number of rotatable bonds is 7. The van der Waals surface area contributed by atoms with Gasteiger partial charge in [-0.05, 0) is 32.2 Å². The van der Waals surface area contributed by atoms with Crippen LogP contribution in [0.3, 0.4) is 0 Å². The first-order chi connectivity index (χ1) is 9.25. The van der Waals surface area contributed by atoms with Gasteiger partial charge in [0, 0.05) is 18.5 Å². The van der Waals surface area contributed by atoms with E-state index >= 15 is 0 Å². The molecule has 0 aromatic carbocycles. The molecule has 1 aromatic rings. The second-order valence-corrected chi connectivity index (χ2v) is 6.41. The summed E-state index contributed by atoms with van der Waals surface area (Å²) in [6.07, 6.45) is 6.97. The number of nitrogens with one attached hydrogen (secondary N) is 1. The Bertz CT molecular complexity index is 397. The topological polar surface area (TPSA) is 34.1 Å². The van der Waals surface area contributed by atoms with E-state index in [1.807, 2.05) is 18.4 Å². The first kappa shape index (κ1) is 14.9. The van der Waals surface area contributed by atoms with Crippen molar-refractivity contribution in [1.82, 2.24) is 10.3 Å². The third-order valence-electron chi connectivity index (χ3n) is 4.02. The summed E-state index contributed by atoms with van der Waals surface area (Å²) in [5, 5.41) is 4.70. The Labute approximate surface area is 120 Å². The molecule has 0 bridgehead atoms. The molecular formula is C15H26N2OS. The zero-order valence-electron chi connectivity index (χ0n) is 12.4. The maximum atomic E-state index is 5.85. The standard InChI is InChI=1S/C15H26N2OS/c1-4-10-16-11-13-12(5-2)17-14(19-13)15(18-3)8-6-7-9-15/h16H,4-11H2,1-3H3. The monoisotopic (exact) mass is 282 g/mol. The molecule has 0 atom stereocenters. The molecule has 19 heavy (non-hydrogen) atoms. The number of hydrogen-bond donors (Lipinski definition) is 1. The Morgan fingerprint density at radius 3 is 2.63 bits per heavy atom. The first-order valence-electron chi connectivity index (χ1n) is 7.50. The number of thiazole rings is 1. The third-order valence-corrected chi connectivity index (χ3v) is 5.30. The van der Waals surface area contributed by atoms with E-state index < -0.39 is 0 Å². The Hall–Kier alpha value is -0.450. The van der Waals surface area contributed by atoms with Gasteiger partial charge in [-0.3, -0.25) is 0 Å².